The summed E-state index contributed by atoms with van der Waals surface area (Å²) in [6.45, 7) is 0.625. The fourth-order valence-electron chi connectivity index (χ4n) is 5.65. The average molecular weight is 439 g/mol. The van der Waals surface area contributed by atoms with Crippen molar-refractivity contribution in [1.82, 2.24) is 24.8 Å². The predicted molar refractivity (Wildman–Crippen MR) is 117 cm³/mol. The number of para-hydroxylation sites is 1. The van der Waals surface area contributed by atoms with Crippen molar-refractivity contribution in [1.29, 1.82) is 0 Å². The molecule has 5 nitrogen and oxygen atoms in total. The molecule has 6 rings (SSSR count). The van der Waals surface area contributed by atoms with Gasteiger partial charge >= 0.3 is 6.18 Å². The number of hydrogen-bond donors (Lipinski definition) is 2. The molecule has 2 fully saturated rings. The summed E-state index contributed by atoms with van der Waals surface area (Å²) >= 11 is 0. The molecular weight excluding hydrogens is 415 g/mol. The van der Waals surface area contributed by atoms with Crippen LogP contribution in [0.4, 0.5) is 13.2 Å². The molecular formula is C24H24F3N5. The molecule has 2 N–H and O–H groups in total. The summed E-state index contributed by atoms with van der Waals surface area (Å²) in [5, 5.41) is 4.37. The number of rotatable bonds is 4. The number of aromatic amines is 1. The van der Waals surface area contributed by atoms with Crippen LogP contribution in [0.3, 0.4) is 0 Å². The smallest absolute Gasteiger partial charge is 0.359 e. The number of hydrogen-bond acceptors (Lipinski definition) is 3. The molecule has 5 heterocycles. The van der Waals surface area contributed by atoms with Gasteiger partial charge < -0.3 is 14.9 Å². The third-order valence-electron chi connectivity index (χ3n) is 7.02. The Labute approximate surface area is 183 Å². The first-order valence-electron chi connectivity index (χ1n) is 11.2. The lowest BCUT2D eigenvalue weighted by atomic mass is 9.89. The van der Waals surface area contributed by atoms with Gasteiger partial charge in [-0.25, -0.2) is 9.97 Å². The molecule has 4 aromatic rings. The van der Waals surface area contributed by atoms with Gasteiger partial charge in [0.2, 0.25) is 0 Å². The van der Waals surface area contributed by atoms with E-state index in [9.17, 15) is 13.2 Å². The number of nitrogens with one attached hydrogen (secondary N) is 2. The normalized spacial score (nSPS) is 23.4. The second-order valence-corrected chi connectivity index (χ2v) is 9.11. The van der Waals surface area contributed by atoms with Crippen LogP contribution in [0, 0.1) is 5.92 Å². The molecule has 0 amide bonds. The summed E-state index contributed by atoms with van der Waals surface area (Å²) < 4.78 is 43.9. The van der Waals surface area contributed by atoms with Gasteiger partial charge in [0.05, 0.1) is 16.7 Å². The Kier molecular flexibility index (Phi) is 4.54. The summed E-state index contributed by atoms with van der Waals surface area (Å²) in [6, 6.07) is 11.9. The molecule has 8 heteroatoms. The molecule has 0 aliphatic carbocycles. The van der Waals surface area contributed by atoms with E-state index in [0.717, 1.165) is 19.3 Å². The van der Waals surface area contributed by atoms with Crippen molar-refractivity contribution in [3.8, 4) is 11.5 Å². The third kappa shape index (κ3) is 3.28. The van der Waals surface area contributed by atoms with Crippen molar-refractivity contribution >= 4 is 21.9 Å². The fourth-order valence-corrected chi connectivity index (χ4v) is 5.65. The molecule has 1 aromatic carbocycles. The van der Waals surface area contributed by atoms with Crippen LogP contribution >= 0.6 is 0 Å². The molecule has 2 bridgehead atoms. The van der Waals surface area contributed by atoms with Gasteiger partial charge in [-0.05, 0) is 56.2 Å². The van der Waals surface area contributed by atoms with Gasteiger partial charge in [-0.1, -0.05) is 18.2 Å². The Balaban J connectivity index is 1.51. The number of piperidine rings is 1. The van der Waals surface area contributed by atoms with Gasteiger partial charge in [0.15, 0.2) is 11.5 Å². The topological polar surface area (TPSA) is 58.5 Å². The molecule has 2 unspecified atom stereocenters. The van der Waals surface area contributed by atoms with E-state index in [1.54, 1.807) is 18.3 Å². The van der Waals surface area contributed by atoms with E-state index >= 15 is 0 Å². The first-order chi connectivity index (χ1) is 15.5. The van der Waals surface area contributed by atoms with Crippen molar-refractivity contribution in [2.24, 2.45) is 5.92 Å². The van der Waals surface area contributed by atoms with Crippen LogP contribution in [0.15, 0.2) is 42.6 Å². The van der Waals surface area contributed by atoms with E-state index in [1.165, 1.54) is 12.8 Å². The lowest BCUT2D eigenvalue weighted by Gasteiger charge is -2.29. The van der Waals surface area contributed by atoms with Crippen LogP contribution in [-0.4, -0.2) is 31.6 Å². The van der Waals surface area contributed by atoms with E-state index in [4.69, 9.17) is 0 Å². The molecule has 0 radical (unpaired) electrons. The molecule has 0 spiro atoms. The summed E-state index contributed by atoms with van der Waals surface area (Å²) in [7, 11) is 0. The molecule has 2 saturated heterocycles. The first-order valence-corrected chi connectivity index (χ1v) is 11.2. The number of fused-ring (bicyclic) bond motifs is 5. The Hall–Kier alpha value is -2.87. The second kappa shape index (κ2) is 7.33. The maximum atomic E-state index is 14.0. The van der Waals surface area contributed by atoms with Gasteiger partial charge in [-0.15, -0.1) is 0 Å². The minimum Gasteiger partial charge on any atom is -0.359 e. The van der Waals surface area contributed by atoms with Crippen molar-refractivity contribution in [3.63, 3.8) is 0 Å². The van der Waals surface area contributed by atoms with Gasteiger partial charge in [-0.3, -0.25) is 0 Å². The number of halogens is 3. The Morgan fingerprint density at radius 1 is 1.00 bits per heavy atom. The number of alkyl halides is 3. The lowest BCUT2D eigenvalue weighted by molar-refractivity contribution is -0.139. The lowest BCUT2D eigenvalue weighted by Crippen LogP contribution is -2.38. The van der Waals surface area contributed by atoms with E-state index in [1.807, 2.05) is 28.8 Å². The number of H-pyrrole nitrogens is 1. The zero-order chi connectivity index (χ0) is 21.9. The molecule has 2 atom stereocenters. The van der Waals surface area contributed by atoms with Crippen LogP contribution in [-0.2, 0) is 12.7 Å². The molecule has 0 saturated carbocycles. The second-order valence-electron chi connectivity index (χ2n) is 9.11. The van der Waals surface area contributed by atoms with E-state index in [-0.39, 0.29) is 5.52 Å². The minimum atomic E-state index is -4.58. The summed E-state index contributed by atoms with van der Waals surface area (Å²) in [5.41, 5.74) is 0.573. The molecule has 3 aromatic heterocycles. The maximum absolute atomic E-state index is 14.0. The number of imidazole rings is 1. The number of aromatic nitrogens is 4. The number of benzene rings is 1. The zero-order valence-electron chi connectivity index (χ0n) is 17.5. The Morgan fingerprint density at radius 2 is 1.78 bits per heavy atom. The first kappa shape index (κ1) is 19.8. The van der Waals surface area contributed by atoms with E-state index in [2.05, 4.69) is 20.3 Å². The van der Waals surface area contributed by atoms with Crippen LogP contribution in [0.5, 0.6) is 0 Å². The van der Waals surface area contributed by atoms with Gasteiger partial charge in [0, 0.05) is 30.2 Å². The van der Waals surface area contributed by atoms with Crippen LogP contribution < -0.4 is 5.32 Å². The highest BCUT2D eigenvalue weighted by Gasteiger charge is 2.38. The standard InChI is InChI=1S/C24H24F3N5/c25-24(26,27)22-20-21(17-4-1-2-5-18(17)30-22)32(23(31-20)19-6-3-10-28-19)11-9-14-12-15-7-8-16(13-14)29-15/h1-6,10,14-16,28-29H,7-9,11-13H2. The fraction of sp³-hybridized carbons (Fsp3) is 0.417. The average Bonchev–Trinajstić information content (AvgIpc) is 3.49. The Bertz CT molecular complexity index is 1260. The monoisotopic (exact) mass is 439 g/mol. The molecule has 166 valence electrons. The largest absolute Gasteiger partial charge is 0.435 e. The molecule has 32 heavy (non-hydrogen) atoms. The van der Waals surface area contributed by atoms with E-state index < -0.39 is 11.9 Å². The van der Waals surface area contributed by atoms with Crippen molar-refractivity contribution in [2.45, 2.75) is 56.9 Å². The maximum Gasteiger partial charge on any atom is 0.435 e. The zero-order valence-corrected chi connectivity index (χ0v) is 17.5. The minimum absolute atomic E-state index is 0.0776. The van der Waals surface area contributed by atoms with Crippen molar-refractivity contribution < 1.29 is 13.2 Å². The number of aryl methyl sites for hydroxylation is 1. The molecule has 2 aliphatic rings. The summed E-state index contributed by atoms with van der Waals surface area (Å²) in [6.07, 6.45) is 2.84. The quantitative estimate of drug-likeness (QED) is 0.440. The van der Waals surface area contributed by atoms with Crippen LogP contribution in [0.25, 0.3) is 33.5 Å². The van der Waals surface area contributed by atoms with Crippen molar-refractivity contribution in [2.75, 3.05) is 0 Å². The third-order valence-corrected chi connectivity index (χ3v) is 7.02. The summed E-state index contributed by atoms with van der Waals surface area (Å²) in [4.78, 5) is 11.6. The Morgan fingerprint density at radius 3 is 2.50 bits per heavy atom. The molecule has 2 aliphatic heterocycles. The highest BCUT2D eigenvalue weighted by Crippen LogP contribution is 2.39. The number of pyridine rings is 1. The van der Waals surface area contributed by atoms with Gasteiger partial charge in [0.25, 0.3) is 0 Å². The van der Waals surface area contributed by atoms with Crippen LogP contribution in [0.2, 0.25) is 0 Å². The van der Waals surface area contributed by atoms with Crippen molar-refractivity contribution in [3.05, 3.63) is 48.3 Å². The highest BCUT2D eigenvalue weighted by atomic mass is 19.4. The predicted octanol–water partition coefficient (Wildman–Crippen LogP) is 5.52. The summed E-state index contributed by atoms with van der Waals surface area (Å²) in [5.74, 6) is 1.10. The highest BCUT2D eigenvalue weighted by molar-refractivity contribution is 6.04. The SMILES string of the molecule is FC(F)(F)c1nc2ccccc2c2c1nc(-c1ccc[nH]1)n2CCC1CC2CCC(C1)N2. The van der Waals surface area contributed by atoms with Gasteiger partial charge in [0.1, 0.15) is 5.52 Å². The number of nitrogens with zero attached hydrogens (tertiary/aromatic N) is 3. The van der Waals surface area contributed by atoms with E-state index in [0.29, 0.717) is 52.5 Å². The van der Waals surface area contributed by atoms with Crippen LogP contribution in [0.1, 0.15) is 37.8 Å². The van der Waals surface area contributed by atoms with Gasteiger partial charge in [-0.2, -0.15) is 13.2 Å².